The highest BCUT2D eigenvalue weighted by atomic mass is 32.1. The number of aliphatic imine (C=N–C) groups is 1. The molecule has 0 bridgehead atoms. The molecule has 0 atom stereocenters. The summed E-state index contributed by atoms with van der Waals surface area (Å²) in [6.45, 7) is 7.65. The minimum Gasteiger partial charge on any atom is -0.492 e. The molecule has 3 rings (SSSR count). The van der Waals surface area contributed by atoms with E-state index in [1.54, 1.807) is 11.3 Å². The molecule has 0 aliphatic carbocycles. The van der Waals surface area contributed by atoms with Crippen molar-refractivity contribution in [2.45, 2.75) is 38.9 Å². The van der Waals surface area contributed by atoms with Gasteiger partial charge < -0.3 is 20.1 Å². The van der Waals surface area contributed by atoms with Gasteiger partial charge in [-0.15, -0.1) is 11.3 Å². The van der Waals surface area contributed by atoms with Gasteiger partial charge in [-0.2, -0.15) is 0 Å². The van der Waals surface area contributed by atoms with E-state index in [1.165, 1.54) is 4.88 Å². The van der Waals surface area contributed by atoms with Gasteiger partial charge in [0.25, 0.3) is 0 Å². The highest BCUT2D eigenvalue weighted by Gasteiger charge is 2.17. The van der Waals surface area contributed by atoms with Crippen molar-refractivity contribution in [3.63, 3.8) is 0 Å². The molecular formula is C23H34N4O2S. The smallest absolute Gasteiger partial charge is 0.191 e. The van der Waals surface area contributed by atoms with E-state index < -0.39 is 0 Å². The van der Waals surface area contributed by atoms with Gasteiger partial charge in [0, 0.05) is 37.2 Å². The Hall–Kier alpha value is -2.09. The summed E-state index contributed by atoms with van der Waals surface area (Å²) in [5.41, 5.74) is 1.14. The number of rotatable bonds is 10. The van der Waals surface area contributed by atoms with Gasteiger partial charge in [0.1, 0.15) is 12.4 Å². The minimum atomic E-state index is 0.606. The Bertz CT molecular complexity index is 760. The summed E-state index contributed by atoms with van der Waals surface area (Å²) in [4.78, 5) is 8.40. The number of hydrogen-bond donors (Lipinski definition) is 2. The van der Waals surface area contributed by atoms with Crippen LogP contribution in [0.2, 0.25) is 0 Å². The zero-order chi connectivity index (χ0) is 21.0. The van der Waals surface area contributed by atoms with Crippen LogP contribution in [0.25, 0.3) is 0 Å². The first-order valence-electron chi connectivity index (χ1n) is 10.8. The maximum Gasteiger partial charge on any atom is 0.191 e. The van der Waals surface area contributed by atoms with Crippen molar-refractivity contribution in [2.24, 2.45) is 4.99 Å². The van der Waals surface area contributed by atoms with E-state index in [1.807, 2.05) is 12.1 Å². The molecule has 0 spiro atoms. The second-order valence-electron chi connectivity index (χ2n) is 7.45. The van der Waals surface area contributed by atoms with E-state index in [2.05, 4.69) is 59.2 Å². The van der Waals surface area contributed by atoms with Gasteiger partial charge in [-0.3, -0.25) is 4.90 Å². The van der Waals surface area contributed by atoms with Crippen LogP contribution in [0.3, 0.4) is 0 Å². The van der Waals surface area contributed by atoms with E-state index in [-0.39, 0.29) is 0 Å². The van der Waals surface area contributed by atoms with E-state index in [0.717, 1.165) is 63.0 Å². The minimum absolute atomic E-state index is 0.606. The van der Waals surface area contributed by atoms with Crippen molar-refractivity contribution in [3.05, 3.63) is 52.2 Å². The third-order valence-electron chi connectivity index (χ3n) is 5.20. The average molecular weight is 431 g/mol. The summed E-state index contributed by atoms with van der Waals surface area (Å²) in [5.74, 6) is 1.73. The SMILES string of the molecule is CCNC(=NCc1cccc(OCCN(C)C2CCOCC2)c1)NCc1cccs1. The molecule has 0 radical (unpaired) electrons. The molecule has 0 amide bonds. The molecule has 6 nitrogen and oxygen atoms in total. The monoisotopic (exact) mass is 430 g/mol. The zero-order valence-electron chi connectivity index (χ0n) is 18.1. The summed E-state index contributed by atoms with van der Waals surface area (Å²) in [7, 11) is 2.18. The fraction of sp³-hybridized carbons (Fsp3) is 0.522. The van der Waals surface area contributed by atoms with Crippen molar-refractivity contribution < 1.29 is 9.47 Å². The molecule has 164 valence electrons. The molecule has 1 aromatic carbocycles. The Kier molecular flexibility index (Phi) is 9.47. The highest BCUT2D eigenvalue weighted by Crippen LogP contribution is 2.16. The Morgan fingerprint density at radius 1 is 1.23 bits per heavy atom. The quantitative estimate of drug-likeness (QED) is 0.446. The van der Waals surface area contributed by atoms with Gasteiger partial charge in [-0.25, -0.2) is 4.99 Å². The van der Waals surface area contributed by atoms with Gasteiger partial charge in [0.2, 0.25) is 0 Å². The average Bonchev–Trinajstić information content (AvgIpc) is 3.30. The summed E-state index contributed by atoms with van der Waals surface area (Å²) >= 11 is 1.75. The van der Waals surface area contributed by atoms with Crippen molar-refractivity contribution in [1.82, 2.24) is 15.5 Å². The predicted octanol–water partition coefficient (Wildman–Crippen LogP) is 3.49. The third-order valence-corrected chi connectivity index (χ3v) is 6.08. The van der Waals surface area contributed by atoms with Crippen molar-refractivity contribution in [1.29, 1.82) is 0 Å². The van der Waals surface area contributed by atoms with Crippen LogP contribution in [0.4, 0.5) is 0 Å². The predicted molar refractivity (Wildman–Crippen MR) is 124 cm³/mol. The maximum absolute atomic E-state index is 6.01. The number of nitrogens with one attached hydrogen (secondary N) is 2. The number of ether oxygens (including phenoxy) is 2. The van der Waals surface area contributed by atoms with Crippen LogP contribution in [-0.4, -0.2) is 56.9 Å². The highest BCUT2D eigenvalue weighted by molar-refractivity contribution is 7.09. The molecule has 2 heterocycles. The van der Waals surface area contributed by atoms with Crippen molar-refractivity contribution >= 4 is 17.3 Å². The lowest BCUT2D eigenvalue weighted by Gasteiger charge is -2.31. The Morgan fingerprint density at radius 2 is 2.10 bits per heavy atom. The molecule has 1 aromatic heterocycles. The van der Waals surface area contributed by atoms with Gasteiger partial charge >= 0.3 is 0 Å². The number of nitrogens with zero attached hydrogens (tertiary/aromatic N) is 2. The van der Waals surface area contributed by atoms with E-state index in [9.17, 15) is 0 Å². The molecule has 1 aliphatic rings. The number of hydrogen-bond acceptors (Lipinski definition) is 5. The first kappa shape index (κ1) is 22.6. The Labute approximate surface area is 184 Å². The van der Waals surface area contributed by atoms with Crippen molar-refractivity contribution in [3.8, 4) is 5.75 Å². The summed E-state index contributed by atoms with van der Waals surface area (Å²) in [6, 6.07) is 13.0. The molecule has 2 aromatic rings. The molecular weight excluding hydrogens is 396 g/mol. The summed E-state index contributed by atoms with van der Waals surface area (Å²) in [5, 5.41) is 8.79. The lowest BCUT2D eigenvalue weighted by Crippen LogP contribution is -2.38. The summed E-state index contributed by atoms with van der Waals surface area (Å²) < 4.78 is 11.5. The van der Waals surface area contributed by atoms with Crippen LogP contribution < -0.4 is 15.4 Å². The fourth-order valence-corrected chi connectivity index (χ4v) is 4.09. The van der Waals surface area contributed by atoms with Crippen LogP contribution in [0.15, 0.2) is 46.8 Å². The maximum atomic E-state index is 6.01. The molecule has 1 aliphatic heterocycles. The first-order chi connectivity index (χ1) is 14.7. The van der Waals surface area contributed by atoms with Crippen LogP contribution in [0, 0.1) is 0 Å². The topological polar surface area (TPSA) is 58.1 Å². The van der Waals surface area contributed by atoms with Crippen LogP contribution in [-0.2, 0) is 17.8 Å². The van der Waals surface area contributed by atoms with Gasteiger partial charge in [-0.1, -0.05) is 18.2 Å². The zero-order valence-corrected chi connectivity index (χ0v) is 18.9. The lowest BCUT2D eigenvalue weighted by atomic mass is 10.1. The molecule has 1 saturated heterocycles. The number of guanidine groups is 1. The lowest BCUT2D eigenvalue weighted by molar-refractivity contribution is 0.0392. The van der Waals surface area contributed by atoms with E-state index >= 15 is 0 Å². The van der Waals surface area contributed by atoms with Gasteiger partial charge in [-0.05, 0) is 56.0 Å². The molecule has 30 heavy (non-hydrogen) atoms. The standard InChI is InChI=1S/C23H34N4O2S/c1-3-24-23(26-18-22-8-5-15-30-22)25-17-19-6-4-7-21(16-19)29-14-11-27(2)20-9-12-28-13-10-20/h4-8,15-16,20H,3,9-14,17-18H2,1-2H3,(H2,24,25,26). The molecule has 2 N–H and O–H groups in total. The molecule has 1 fully saturated rings. The van der Waals surface area contributed by atoms with Crippen LogP contribution in [0.1, 0.15) is 30.2 Å². The van der Waals surface area contributed by atoms with Crippen LogP contribution in [0.5, 0.6) is 5.75 Å². The summed E-state index contributed by atoms with van der Waals surface area (Å²) in [6.07, 6.45) is 2.22. The van der Waals surface area contributed by atoms with Crippen LogP contribution >= 0.6 is 11.3 Å². The largest absolute Gasteiger partial charge is 0.492 e. The Balaban J connectivity index is 1.46. The number of benzene rings is 1. The van der Waals surface area contributed by atoms with Gasteiger partial charge in [0.05, 0.1) is 13.1 Å². The van der Waals surface area contributed by atoms with E-state index in [0.29, 0.717) is 19.2 Å². The normalized spacial score (nSPS) is 15.4. The van der Waals surface area contributed by atoms with Crippen molar-refractivity contribution in [2.75, 3.05) is 40.0 Å². The second kappa shape index (κ2) is 12.6. The first-order valence-corrected chi connectivity index (χ1v) is 11.7. The molecule has 7 heteroatoms. The van der Waals surface area contributed by atoms with E-state index in [4.69, 9.17) is 14.5 Å². The Morgan fingerprint density at radius 3 is 2.87 bits per heavy atom. The fourth-order valence-electron chi connectivity index (χ4n) is 3.45. The second-order valence-corrected chi connectivity index (χ2v) is 8.48. The molecule has 0 saturated carbocycles. The van der Waals surface area contributed by atoms with Gasteiger partial charge in [0.15, 0.2) is 5.96 Å². The molecule has 0 unspecified atom stereocenters. The number of thiophene rings is 1. The third kappa shape index (κ3) is 7.63. The number of likely N-dealkylation sites (N-methyl/N-ethyl adjacent to an activating group) is 1.